The summed E-state index contributed by atoms with van der Waals surface area (Å²) < 4.78 is 0. The Morgan fingerprint density at radius 2 is 1.95 bits per heavy atom. The molecule has 2 rings (SSSR count). The van der Waals surface area contributed by atoms with E-state index in [1.54, 1.807) is 6.20 Å². The predicted octanol–water partition coefficient (Wildman–Crippen LogP) is 3.52. The second-order valence-corrected chi connectivity index (χ2v) is 4.68. The molecule has 96 valence electrons. The monoisotopic (exact) mass is 252 g/mol. The molecule has 1 aromatic heterocycles. The largest absolute Gasteiger partial charge is 0.337 e. The molecule has 0 aliphatic rings. The van der Waals surface area contributed by atoms with Crippen LogP contribution in [0.5, 0.6) is 0 Å². The topological polar surface area (TPSA) is 61.6 Å². The molecule has 0 saturated heterocycles. The number of aromatic nitrogens is 2. The van der Waals surface area contributed by atoms with E-state index in [0.717, 1.165) is 11.3 Å². The Labute approximate surface area is 113 Å². The lowest BCUT2D eigenvalue weighted by Crippen LogP contribution is -2.04. The first-order chi connectivity index (χ1) is 9.13. The molecule has 0 aliphatic heterocycles. The number of aryl methyl sites for hydroxylation is 1. The zero-order valence-corrected chi connectivity index (χ0v) is 11.3. The highest BCUT2D eigenvalue weighted by molar-refractivity contribution is 5.67. The minimum atomic E-state index is 0.306. The van der Waals surface area contributed by atoms with Gasteiger partial charge in [-0.25, -0.2) is 9.97 Å². The molecular formula is C15H16N4. The van der Waals surface area contributed by atoms with Crippen LogP contribution in [0.4, 0.5) is 11.5 Å². The number of hydrogen-bond acceptors (Lipinski definition) is 4. The number of anilines is 2. The van der Waals surface area contributed by atoms with E-state index in [1.807, 2.05) is 25.1 Å². The highest BCUT2D eigenvalue weighted by Crippen LogP contribution is 2.30. The van der Waals surface area contributed by atoms with E-state index in [0.29, 0.717) is 17.4 Å². The summed E-state index contributed by atoms with van der Waals surface area (Å²) >= 11 is 0. The molecule has 0 unspecified atom stereocenters. The molecule has 1 aromatic carbocycles. The molecule has 0 bridgehead atoms. The molecule has 0 aliphatic carbocycles. The van der Waals surface area contributed by atoms with Crippen LogP contribution in [0.1, 0.15) is 36.6 Å². The molecule has 1 N–H and O–H groups in total. The maximum Gasteiger partial charge on any atom is 0.183 e. The second kappa shape index (κ2) is 5.49. The van der Waals surface area contributed by atoms with Crippen LogP contribution in [0.25, 0.3) is 0 Å². The van der Waals surface area contributed by atoms with Crippen LogP contribution in [0.2, 0.25) is 0 Å². The number of nitriles is 1. The highest BCUT2D eigenvalue weighted by atomic mass is 15.0. The molecule has 0 fully saturated rings. The summed E-state index contributed by atoms with van der Waals surface area (Å²) in [4.78, 5) is 8.20. The van der Waals surface area contributed by atoms with Crippen LogP contribution in [0.15, 0.2) is 30.6 Å². The van der Waals surface area contributed by atoms with Crippen molar-refractivity contribution in [2.24, 2.45) is 0 Å². The summed E-state index contributed by atoms with van der Waals surface area (Å²) in [6.07, 6.45) is 3.10. The molecule has 0 saturated carbocycles. The van der Waals surface area contributed by atoms with Crippen LogP contribution >= 0.6 is 0 Å². The normalized spacial score (nSPS) is 10.3. The van der Waals surface area contributed by atoms with Crippen LogP contribution in [-0.2, 0) is 0 Å². The van der Waals surface area contributed by atoms with Crippen LogP contribution < -0.4 is 5.32 Å². The van der Waals surface area contributed by atoms with Crippen molar-refractivity contribution in [3.63, 3.8) is 0 Å². The van der Waals surface area contributed by atoms with E-state index >= 15 is 0 Å². The minimum absolute atomic E-state index is 0.306. The zero-order valence-electron chi connectivity index (χ0n) is 11.3. The smallest absolute Gasteiger partial charge is 0.183 e. The van der Waals surface area contributed by atoms with E-state index in [1.165, 1.54) is 11.8 Å². The highest BCUT2D eigenvalue weighted by Gasteiger charge is 2.12. The van der Waals surface area contributed by atoms with E-state index in [4.69, 9.17) is 5.26 Å². The first-order valence-electron chi connectivity index (χ1n) is 6.21. The third-order valence-corrected chi connectivity index (χ3v) is 2.97. The summed E-state index contributed by atoms with van der Waals surface area (Å²) in [7, 11) is 0. The zero-order chi connectivity index (χ0) is 13.8. The van der Waals surface area contributed by atoms with Crippen molar-refractivity contribution in [3.05, 3.63) is 47.4 Å². The van der Waals surface area contributed by atoms with Gasteiger partial charge in [-0.3, -0.25) is 0 Å². The van der Waals surface area contributed by atoms with Gasteiger partial charge in [0.1, 0.15) is 6.07 Å². The van der Waals surface area contributed by atoms with Gasteiger partial charge in [-0.2, -0.15) is 5.26 Å². The molecule has 19 heavy (non-hydrogen) atoms. The Balaban J connectivity index is 2.47. The average molecular weight is 252 g/mol. The molecule has 4 nitrogen and oxygen atoms in total. The summed E-state index contributed by atoms with van der Waals surface area (Å²) in [5.41, 5.74) is 3.64. The number of benzene rings is 1. The first-order valence-corrected chi connectivity index (χ1v) is 6.21. The molecule has 0 radical (unpaired) electrons. The summed E-state index contributed by atoms with van der Waals surface area (Å²) in [6, 6.07) is 8.21. The van der Waals surface area contributed by atoms with Gasteiger partial charge in [0.2, 0.25) is 0 Å². The van der Waals surface area contributed by atoms with Gasteiger partial charge in [-0.05, 0) is 24.0 Å². The van der Waals surface area contributed by atoms with Crippen molar-refractivity contribution in [2.45, 2.75) is 26.7 Å². The Morgan fingerprint density at radius 1 is 1.21 bits per heavy atom. The lowest BCUT2D eigenvalue weighted by atomic mass is 9.98. The summed E-state index contributed by atoms with van der Waals surface area (Å²) in [5.74, 6) is 0.894. The van der Waals surface area contributed by atoms with Crippen LogP contribution in [-0.4, -0.2) is 9.97 Å². The Kier molecular flexibility index (Phi) is 3.76. The van der Waals surface area contributed by atoms with Crippen molar-refractivity contribution in [3.8, 4) is 6.07 Å². The molecule has 2 aromatic rings. The van der Waals surface area contributed by atoms with Crippen molar-refractivity contribution < 1.29 is 0 Å². The minimum Gasteiger partial charge on any atom is -0.337 e. The lowest BCUT2D eigenvalue weighted by Gasteiger charge is -2.16. The van der Waals surface area contributed by atoms with Gasteiger partial charge in [0.25, 0.3) is 0 Å². The fraction of sp³-hybridized carbons (Fsp3) is 0.267. The molecule has 4 heteroatoms. The van der Waals surface area contributed by atoms with E-state index in [9.17, 15) is 0 Å². The van der Waals surface area contributed by atoms with Crippen LogP contribution in [0.3, 0.4) is 0 Å². The number of para-hydroxylation sites is 1. The van der Waals surface area contributed by atoms with E-state index < -0.39 is 0 Å². The third-order valence-electron chi connectivity index (χ3n) is 2.97. The fourth-order valence-electron chi connectivity index (χ4n) is 1.97. The van der Waals surface area contributed by atoms with Crippen molar-refractivity contribution in [1.29, 1.82) is 5.26 Å². The second-order valence-electron chi connectivity index (χ2n) is 4.68. The number of nitrogens with zero attached hydrogens (tertiary/aromatic N) is 3. The third kappa shape index (κ3) is 2.71. The number of hydrogen-bond donors (Lipinski definition) is 1. The van der Waals surface area contributed by atoms with Crippen molar-refractivity contribution in [1.82, 2.24) is 9.97 Å². The summed E-state index contributed by atoms with van der Waals surface area (Å²) in [5, 5.41) is 12.3. The van der Waals surface area contributed by atoms with E-state index in [-0.39, 0.29) is 0 Å². The Morgan fingerprint density at radius 3 is 2.63 bits per heavy atom. The molecule has 0 amide bonds. The fourth-order valence-corrected chi connectivity index (χ4v) is 1.97. The molecule has 0 spiro atoms. The number of rotatable bonds is 3. The molecule has 0 atom stereocenters. The summed E-state index contributed by atoms with van der Waals surface area (Å²) in [6.45, 7) is 6.32. The van der Waals surface area contributed by atoms with Gasteiger partial charge in [0.15, 0.2) is 11.5 Å². The van der Waals surface area contributed by atoms with Gasteiger partial charge in [0, 0.05) is 18.1 Å². The van der Waals surface area contributed by atoms with Gasteiger partial charge in [-0.15, -0.1) is 0 Å². The molecule has 1 heterocycles. The van der Waals surface area contributed by atoms with Gasteiger partial charge in [0.05, 0.1) is 0 Å². The predicted molar refractivity (Wildman–Crippen MR) is 75.3 cm³/mol. The van der Waals surface area contributed by atoms with Crippen molar-refractivity contribution >= 4 is 11.5 Å². The van der Waals surface area contributed by atoms with Gasteiger partial charge >= 0.3 is 0 Å². The average Bonchev–Trinajstić information content (AvgIpc) is 2.41. The Bertz CT molecular complexity index is 626. The Hall–Kier alpha value is -2.41. The lowest BCUT2D eigenvalue weighted by molar-refractivity contribution is 0.867. The van der Waals surface area contributed by atoms with Crippen LogP contribution in [0, 0.1) is 18.3 Å². The standard InChI is InChI=1S/C15H16N4/c1-10(2)12-6-4-5-11(3)14(12)19-15-13(9-16)17-7-8-18-15/h4-8,10H,1-3H3,(H,18,19). The maximum absolute atomic E-state index is 9.05. The van der Waals surface area contributed by atoms with Gasteiger partial charge in [-0.1, -0.05) is 32.0 Å². The SMILES string of the molecule is Cc1cccc(C(C)C)c1Nc1nccnc1C#N. The first kappa shape index (κ1) is 13.0. The van der Waals surface area contributed by atoms with E-state index in [2.05, 4.69) is 35.2 Å². The van der Waals surface area contributed by atoms with Gasteiger partial charge < -0.3 is 5.32 Å². The maximum atomic E-state index is 9.05. The number of nitrogens with one attached hydrogen (secondary N) is 1. The quantitative estimate of drug-likeness (QED) is 0.907. The molecular weight excluding hydrogens is 236 g/mol. The van der Waals surface area contributed by atoms with Crippen molar-refractivity contribution in [2.75, 3.05) is 5.32 Å².